The molecule has 0 N–H and O–H groups in total. The molecular weight excluding hydrogens is 198 g/mol. The van der Waals surface area contributed by atoms with E-state index in [0.717, 1.165) is 5.75 Å². The zero-order valence-electron chi connectivity index (χ0n) is 8.68. The van der Waals surface area contributed by atoms with Crippen LogP contribution in [-0.4, -0.2) is 0 Å². The number of ether oxygens (including phenoxy) is 1. The minimum absolute atomic E-state index is 0.605. The van der Waals surface area contributed by atoms with E-state index in [0.29, 0.717) is 6.73 Å². The van der Waals surface area contributed by atoms with E-state index in [1.54, 1.807) is 0 Å². The van der Waals surface area contributed by atoms with Crippen molar-refractivity contribution in [1.29, 1.82) is 0 Å². The van der Waals surface area contributed by atoms with Crippen molar-refractivity contribution in [3.8, 4) is 5.75 Å². The highest BCUT2D eigenvalue weighted by Gasteiger charge is 2.20. The van der Waals surface area contributed by atoms with E-state index in [4.69, 9.17) is 4.74 Å². The molecule has 0 unspecified atom stereocenters. The molecule has 2 heterocycles. The van der Waals surface area contributed by atoms with E-state index < -0.39 is 0 Å². The summed E-state index contributed by atoms with van der Waals surface area (Å²) >= 11 is 0. The van der Waals surface area contributed by atoms with Gasteiger partial charge in [-0.1, -0.05) is 18.2 Å². The first-order valence-electron chi connectivity index (χ1n) is 5.40. The third-order valence-corrected chi connectivity index (χ3v) is 3.20. The quantitative estimate of drug-likeness (QED) is 0.409. The van der Waals surface area contributed by atoms with Crippen molar-refractivity contribution in [2.75, 3.05) is 0 Å². The number of hydrogen-bond acceptors (Lipinski definition) is 1. The van der Waals surface area contributed by atoms with Gasteiger partial charge in [-0.05, 0) is 23.6 Å². The fourth-order valence-electron chi connectivity index (χ4n) is 2.48. The number of benzene rings is 2. The molecule has 0 fully saturated rings. The topological polar surface area (TPSA) is 13.1 Å². The van der Waals surface area contributed by atoms with Crippen molar-refractivity contribution in [3.63, 3.8) is 0 Å². The standard InChI is InChI=1S/C14H10NO/c1-3-10-6-7-11-4-2-8-15-9-16-12(5-1)13(10)14(11)15/h1-8H,9H2/q+1. The molecule has 16 heavy (non-hydrogen) atoms. The summed E-state index contributed by atoms with van der Waals surface area (Å²) in [6, 6.07) is 14.7. The Kier molecular flexibility index (Phi) is 1.38. The zero-order chi connectivity index (χ0) is 10.5. The summed E-state index contributed by atoms with van der Waals surface area (Å²) in [6.07, 6.45) is 2.07. The van der Waals surface area contributed by atoms with Crippen molar-refractivity contribution >= 4 is 21.7 Å². The van der Waals surface area contributed by atoms with Crippen LogP contribution in [0.3, 0.4) is 0 Å². The highest BCUT2D eigenvalue weighted by atomic mass is 16.5. The number of pyridine rings is 1. The van der Waals surface area contributed by atoms with Gasteiger partial charge in [0.05, 0.1) is 5.39 Å². The Balaban J connectivity index is 2.40. The van der Waals surface area contributed by atoms with E-state index in [9.17, 15) is 0 Å². The van der Waals surface area contributed by atoms with Crippen LogP contribution < -0.4 is 9.30 Å². The molecule has 1 aliphatic rings. The van der Waals surface area contributed by atoms with Crippen LogP contribution in [-0.2, 0) is 6.73 Å². The molecule has 3 aromatic rings. The van der Waals surface area contributed by atoms with E-state index >= 15 is 0 Å². The maximum atomic E-state index is 5.75. The second kappa shape index (κ2) is 2.73. The highest BCUT2D eigenvalue weighted by Crippen LogP contribution is 2.32. The zero-order valence-corrected chi connectivity index (χ0v) is 8.68. The van der Waals surface area contributed by atoms with Crippen LogP contribution in [0, 0.1) is 0 Å². The molecule has 2 aromatic carbocycles. The molecule has 0 amide bonds. The second-order valence-corrected chi connectivity index (χ2v) is 4.11. The molecule has 4 rings (SSSR count). The first-order chi connectivity index (χ1) is 7.93. The molecule has 0 radical (unpaired) electrons. The lowest BCUT2D eigenvalue weighted by atomic mass is 10.0. The monoisotopic (exact) mass is 208 g/mol. The second-order valence-electron chi connectivity index (χ2n) is 4.11. The van der Waals surface area contributed by atoms with E-state index in [1.807, 2.05) is 12.1 Å². The molecular formula is C14H10NO+. The summed E-state index contributed by atoms with van der Waals surface area (Å²) in [7, 11) is 0. The van der Waals surface area contributed by atoms with Gasteiger partial charge in [0, 0.05) is 11.5 Å². The minimum atomic E-state index is 0.605. The Morgan fingerprint density at radius 1 is 0.938 bits per heavy atom. The third kappa shape index (κ3) is 0.890. The lowest BCUT2D eigenvalue weighted by Gasteiger charge is -2.14. The highest BCUT2D eigenvalue weighted by molar-refractivity contribution is 6.07. The van der Waals surface area contributed by atoms with Crippen molar-refractivity contribution in [1.82, 2.24) is 0 Å². The van der Waals surface area contributed by atoms with E-state index in [1.165, 1.54) is 21.7 Å². The van der Waals surface area contributed by atoms with Gasteiger partial charge in [-0.3, -0.25) is 0 Å². The molecule has 1 aromatic heterocycles. The molecule has 0 saturated heterocycles. The number of rotatable bonds is 0. The Bertz CT molecular complexity index is 656. The van der Waals surface area contributed by atoms with Gasteiger partial charge in [-0.2, -0.15) is 4.57 Å². The molecule has 76 valence electrons. The van der Waals surface area contributed by atoms with Crippen LogP contribution in [0.4, 0.5) is 0 Å². The maximum absolute atomic E-state index is 5.75. The number of nitrogens with zero attached hydrogens (tertiary/aromatic N) is 1. The van der Waals surface area contributed by atoms with E-state index in [2.05, 4.69) is 41.1 Å². The first-order valence-corrected chi connectivity index (χ1v) is 5.40. The Labute approximate surface area is 92.7 Å². The minimum Gasteiger partial charge on any atom is -0.435 e. The molecule has 0 aliphatic carbocycles. The normalized spacial score (nSPS) is 13.2. The van der Waals surface area contributed by atoms with Crippen LogP contribution in [0.15, 0.2) is 48.7 Å². The smallest absolute Gasteiger partial charge is 0.292 e. The lowest BCUT2D eigenvalue weighted by molar-refractivity contribution is -0.701. The Morgan fingerprint density at radius 2 is 1.81 bits per heavy atom. The lowest BCUT2D eigenvalue weighted by Crippen LogP contribution is -2.39. The molecule has 0 atom stereocenters. The summed E-state index contributed by atoms with van der Waals surface area (Å²) in [4.78, 5) is 0. The average molecular weight is 208 g/mol. The summed E-state index contributed by atoms with van der Waals surface area (Å²) in [5.41, 5.74) is 1.28. The molecule has 0 bridgehead atoms. The van der Waals surface area contributed by atoms with Gasteiger partial charge in [0.25, 0.3) is 6.73 Å². The SMILES string of the molecule is c1cc2c3c(c1)ccc1ccc[n+](c13)CO2. The van der Waals surface area contributed by atoms with Gasteiger partial charge in [-0.25, -0.2) is 0 Å². The largest absolute Gasteiger partial charge is 0.435 e. The number of aromatic nitrogens is 1. The molecule has 0 spiro atoms. The maximum Gasteiger partial charge on any atom is 0.292 e. The summed E-state index contributed by atoms with van der Waals surface area (Å²) < 4.78 is 7.91. The predicted octanol–water partition coefficient (Wildman–Crippen LogP) is 2.63. The average Bonchev–Trinajstić information content (AvgIpc) is 2.36. The summed E-state index contributed by atoms with van der Waals surface area (Å²) in [6.45, 7) is 0.605. The third-order valence-electron chi connectivity index (χ3n) is 3.20. The van der Waals surface area contributed by atoms with Crippen LogP contribution >= 0.6 is 0 Å². The van der Waals surface area contributed by atoms with Gasteiger partial charge in [0.2, 0.25) is 5.52 Å². The van der Waals surface area contributed by atoms with Crippen molar-refractivity contribution < 1.29 is 9.30 Å². The summed E-state index contributed by atoms with van der Waals surface area (Å²) in [5.74, 6) is 0.995. The van der Waals surface area contributed by atoms with Crippen molar-refractivity contribution in [3.05, 3.63) is 48.7 Å². The number of hydrogen-bond donors (Lipinski definition) is 0. The summed E-state index contributed by atoms with van der Waals surface area (Å²) in [5, 5.41) is 3.74. The fraction of sp³-hybridized carbons (Fsp3) is 0.0714. The van der Waals surface area contributed by atoms with Crippen LogP contribution in [0.25, 0.3) is 21.7 Å². The van der Waals surface area contributed by atoms with Gasteiger partial charge in [-0.15, -0.1) is 0 Å². The van der Waals surface area contributed by atoms with Crippen LogP contribution in [0.1, 0.15) is 0 Å². The Hall–Kier alpha value is -2.09. The first kappa shape index (κ1) is 8.11. The fourth-order valence-corrected chi connectivity index (χ4v) is 2.48. The van der Waals surface area contributed by atoms with Crippen LogP contribution in [0.2, 0.25) is 0 Å². The molecule has 1 aliphatic heterocycles. The Morgan fingerprint density at radius 3 is 2.81 bits per heavy atom. The molecule has 0 saturated carbocycles. The molecule has 2 heteroatoms. The van der Waals surface area contributed by atoms with Crippen molar-refractivity contribution in [2.24, 2.45) is 0 Å². The van der Waals surface area contributed by atoms with Gasteiger partial charge in [0.1, 0.15) is 5.75 Å². The van der Waals surface area contributed by atoms with Gasteiger partial charge < -0.3 is 4.74 Å². The van der Waals surface area contributed by atoms with Crippen LogP contribution in [0.5, 0.6) is 5.75 Å². The molecule has 2 nitrogen and oxygen atoms in total. The predicted molar refractivity (Wildman–Crippen MR) is 62.3 cm³/mol. The van der Waals surface area contributed by atoms with Gasteiger partial charge in [0.15, 0.2) is 6.20 Å². The van der Waals surface area contributed by atoms with Crippen molar-refractivity contribution in [2.45, 2.75) is 6.73 Å². The van der Waals surface area contributed by atoms with Gasteiger partial charge >= 0.3 is 0 Å². The van der Waals surface area contributed by atoms with E-state index in [-0.39, 0.29) is 0 Å².